The van der Waals surface area contributed by atoms with Gasteiger partial charge in [0, 0.05) is 0 Å². The molecule has 72 valence electrons. The van der Waals surface area contributed by atoms with E-state index in [0.29, 0.717) is 5.56 Å². The molecule has 0 spiro atoms. The molecule has 13 heavy (non-hydrogen) atoms. The maximum Gasteiger partial charge on any atom is 0.277 e. The molecule has 0 aromatic heterocycles. The van der Waals surface area contributed by atoms with Crippen LogP contribution in [0.25, 0.3) is 0 Å². The van der Waals surface area contributed by atoms with Crippen LogP contribution >= 0.6 is 0 Å². The number of quaternary nitrogens is 1. The summed E-state index contributed by atoms with van der Waals surface area (Å²) in [7, 11) is -4.03. The molecule has 0 aliphatic heterocycles. The molecule has 0 saturated carbocycles. The van der Waals surface area contributed by atoms with Crippen molar-refractivity contribution in [3.8, 4) is 0 Å². The van der Waals surface area contributed by atoms with Crippen molar-refractivity contribution in [2.75, 3.05) is 6.54 Å². The molecule has 0 fully saturated rings. The molecule has 1 atom stereocenters. The summed E-state index contributed by atoms with van der Waals surface area (Å²) in [5.74, 6) is 0. The normalized spacial score (nSPS) is 14.0. The Balaban J connectivity index is 3.06. The van der Waals surface area contributed by atoms with Crippen LogP contribution in [0.5, 0.6) is 0 Å². The van der Waals surface area contributed by atoms with Gasteiger partial charge >= 0.3 is 0 Å². The van der Waals surface area contributed by atoms with Gasteiger partial charge in [-0.2, -0.15) is 8.42 Å². The average Bonchev–Trinajstić information content (AvgIpc) is 2.05. The lowest BCUT2D eigenvalue weighted by Gasteiger charge is -2.08. The molecule has 0 amide bonds. The summed E-state index contributed by atoms with van der Waals surface area (Å²) in [6.07, 6.45) is 0. The van der Waals surface area contributed by atoms with Gasteiger partial charge in [-0.15, -0.1) is 0 Å². The average molecular weight is 202 g/mol. The molecule has 4 N–H and O–H groups in total. The van der Waals surface area contributed by atoms with Gasteiger partial charge in [0.25, 0.3) is 10.1 Å². The topological polar surface area (TPSA) is 82.0 Å². The third-order valence-electron chi connectivity index (χ3n) is 1.79. The number of benzene rings is 1. The Kier molecular flexibility index (Phi) is 3.02. The van der Waals surface area contributed by atoms with E-state index in [4.69, 9.17) is 4.55 Å². The summed E-state index contributed by atoms with van der Waals surface area (Å²) in [5.41, 5.74) is 4.06. The second kappa shape index (κ2) is 3.87. The van der Waals surface area contributed by atoms with E-state index in [1.54, 1.807) is 30.3 Å². The van der Waals surface area contributed by atoms with Crippen molar-refractivity contribution in [2.45, 2.75) is 5.25 Å². The van der Waals surface area contributed by atoms with Crippen LogP contribution in [-0.2, 0) is 10.1 Å². The highest BCUT2D eigenvalue weighted by Gasteiger charge is 2.24. The lowest BCUT2D eigenvalue weighted by atomic mass is 10.1. The first-order chi connectivity index (χ1) is 6.05. The largest absolute Gasteiger partial charge is 0.356 e. The molecule has 1 aromatic rings. The molecule has 5 heteroatoms. The van der Waals surface area contributed by atoms with Crippen molar-refractivity contribution in [3.63, 3.8) is 0 Å². The molecule has 1 unspecified atom stereocenters. The second-order valence-electron chi connectivity index (χ2n) is 2.70. The molecule has 0 heterocycles. The van der Waals surface area contributed by atoms with E-state index in [0.717, 1.165) is 0 Å². The summed E-state index contributed by atoms with van der Waals surface area (Å²) in [6.45, 7) is 0.128. The zero-order valence-electron chi connectivity index (χ0n) is 7.05. The van der Waals surface area contributed by atoms with Gasteiger partial charge in [0.05, 0.1) is 6.54 Å². The van der Waals surface area contributed by atoms with Crippen molar-refractivity contribution in [3.05, 3.63) is 35.9 Å². The van der Waals surface area contributed by atoms with Crippen molar-refractivity contribution in [2.24, 2.45) is 0 Å². The highest BCUT2D eigenvalue weighted by atomic mass is 32.2. The standard InChI is InChI=1S/C8H11NO3S/c9-6-8(13(10,11)12)7-4-2-1-3-5-7/h1-5,8H,6,9H2,(H,10,11,12)/p+1. The summed E-state index contributed by atoms with van der Waals surface area (Å²) < 4.78 is 30.6. The van der Waals surface area contributed by atoms with E-state index < -0.39 is 15.4 Å². The van der Waals surface area contributed by atoms with Crippen LogP contribution in [0, 0.1) is 0 Å². The molecule has 0 aliphatic rings. The van der Waals surface area contributed by atoms with Gasteiger partial charge in [0.1, 0.15) is 0 Å². The van der Waals surface area contributed by atoms with Crippen LogP contribution < -0.4 is 5.73 Å². The smallest absolute Gasteiger partial charge is 0.277 e. The fourth-order valence-corrected chi connectivity index (χ4v) is 1.95. The van der Waals surface area contributed by atoms with E-state index in [1.165, 1.54) is 0 Å². The Morgan fingerprint density at radius 2 is 1.85 bits per heavy atom. The van der Waals surface area contributed by atoms with Crippen molar-refractivity contribution in [1.82, 2.24) is 0 Å². The van der Waals surface area contributed by atoms with Gasteiger partial charge in [0.2, 0.25) is 0 Å². The van der Waals surface area contributed by atoms with E-state index in [-0.39, 0.29) is 6.54 Å². The third-order valence-corrected chi connectivity index (χ3v) is 3.02. The predicted octanol–water partition coefficient (Wildman–Crippen LogP) is -0.143. The van der Waals surface area contributed by atoms with Crippen LogP contribution in [0.1, 0.15) is 10.8 Å². The van der Waals surface area contributed by atoms with Crippen molar-refractivity contribution in [1.29, 1.82) is 0 Å². The fraction of sp³-hybridized carbons (Fsp3) is 0.250. The zero-order chi connectivity index (χ0) is 9.90. The summed E-state index contributed by atoms with van der Waals surface area (Å²) in [4.78, 5) is 0. The van der Waals surface area contributed by atoms with Crippen LogP contribution in [0.2, 0.25) is 0 Å². The Morgan fingerprint density at radius 3 is 2.23 bits per heavy atom. The molecule has 0 saturated heterocycles. The SMILES string of the molecule is [NH3+]CC(c1ccccc1)S(=O)(=O)O. The van der Waals surface area contributed by atoms with Gasteiger partial charge in [-0.3, -0.25) is 4.55 Å². The summed E-state index contributed by atoms with van der Waals surface area (Å²) >= 11 is 0. The zero-order valence-corrected chi connectivity index (χ0v) is 7.87. The molecule has 0 radical (unpaired) electrons. The summed E-state index contributed by atoms with van der Waals surface area (Å²) in [6, 6.07) is 8.55. The minimum atomic E-state index is -4.03. The molecule has 0 aliphatic carbocycles. The Hall–Kier alpha value is -0.910. The minimum absolute atomic E-state index is 0.128. The second-order valence-corrected chi connectivity index (χ2v) is 4.30. The number of rotatable bonds is 3. The molecule has 0 bridgehead atoms. The maximum atomic E-state index is 10.9. The Morgan fingerprint density at radius 1 is 1.31 bits per heavy atom. The van der Waals surface area contributed by atoms with Crippen molar-refractivity contribution >= 4 is 10.1 Å². The maximum absolute atomic E-state index is 10.9. The molecule has 1 aromatic carbocycles. The third kappa shape index (κ3) is 2.51. The van der Waals surface area contributed by atoms with Crippen LogP contribution in [0.15, 0.2) is 30.3 Å². The first-order valence-electron chi connectivity index (χ1n) is 3.86. The number of hydrogen-bond donors (Lipinski definition) is 2. The highest BCUT2D eigenvalue weighted by molar-refractivity contribution is 7.86. The van der Waals surface area contributed by atoms with E-state index >= 15 is 0 Å². The molecule has 4 nitrogen and oxygen atoms in total. The lowest BCUT2D eigenvalue weighted by Crippen LogP contribution is -2.54. The van der Waals surface area contributed by atoms with Gasteiger partial charge in [-0.1, -0.05) is 30.3 Å². The van der Waals surface area contributed by atoms with Gasteiger partial charge in [-0.05, 0) is 5.56 Å². The van der Waals surface area contributed by atoms with E-state index in [9.17, 15) is 8.42 Å². The Labute approximate surface area is 77.1 Å². The van der Waals surface area contributed by atoms with Gasteiger partial charge in [-0.25, -0.2) is 0 Å². The lowest BCUT2D eigenvalue weighted by molar-refractivity contribution is -0.367. The highest BCUT2D eigenvalue weighted by Crippen LogP contribution is 2.18. The van der Waals surface area contributed by atoms with E-state index in [1.807, 2.05) is 0 Å². The Bertz CT molecular complexity index is 360. The minimum Gasteiger partial charge on any atom is -0.356 e. The van der Waals surface area contributed by atoms with Crippen LogP contribution in [0.4, 0.5) is 0 Å². The quantitative estimate of drug-likeness (QED) is 0.669. The van der Waals surface area contributed by atoms with Gasteiger partial charge in [0.15, 0.2) is 5.25 Å². The van der Waals surface area contributed by atoms with E-state index in [2.05, 4.69) is 5.73 Å². The predicted molar refractivity (Wildman–Crippen MR) is 48.5 cm³/mol. The molecular weight excluding hydrogens is 190 g/mol. The fourth-order valence-electron chi connectivity index (χ4n) is 1.16. The molecule has 1 rings (SSSR count). The van der Waals surface area contributed by atoms with Crippen LogP contribution in [0.3, 0.4) is 0 Å². The first-order valence-corrected chi connectivity index (χ1v) is 5.36. The summed E-state index contributed by atoms with van der Waals surface area (Å²) in [5, 5.41) is -0.909. The first kappa shape index (κ1) is 10.2. The monoisotopic (exact) mass is 202 g/mol. The number of hydrogen-bond acceptors (Lipinski definition) is 2. The van der Waals surface area contributed by atoms with Crippen LogP contribution in [-0.4, -0.2) is 19.5 Å². The van der Waals surface area contributed by atoms with Crippen molar-refractivity contribution < 1.29 is 18.7 Å². The molecular formula is C8H12NO3S+. The van der Waals surface area contributed by atoms with Gasteiger partial charge < -0.3 is 5.73 Å².